The van der Waals surface area contributed by atoms with Crippen LogP contribution in [0.3, 0.4) is 0 Å². The van der Waals surface area contributed by atoms with Crippen molar-refractivity contribution in [3.8, 4) is 10.6 Å². The first-order valence-corrected chi connectivity index (χ1v) is 6.49. The van der Waals surface area contributed by atoms with Crippen molar-refractivity contribution in [2.45, 2.75) is 40.3 Å². The van der Waals surface area contributed by atoms with Crippen molar-refractivity contribution in [3.63, 3.8) is 0 Å². The Kier molecular flexibility index (Phi) is 3.59. The highest BCUT2D eigenvalue weighted by Gasteiger charge is 2.16. The van der Waals surface area contributed by atoms with Crippen LogP contribution >= 0.6 is 11.3 Å². The van der Waals surface area contributed by atoms with Crippen molar-refractivity contribution in [1.82, 2.24) is 15.3 Å². The van der Waals surface area contributed by atoms with E-state index in [-0.39, 0.29) is 0 Å². The Balaban J connectivity index is 2.27. The molecule has 0 fully saturated rings. The summed E-state index contributed by atoms with van der Waals surface area (Å²) in [5.41, 5.74) is 1.96. The summed E-state index contributed by atoms with van der Waals surface area (Å²) in [6, 6.07) is 0.434. The largest absolute Gasteiger partial charge is 0.442 e. The Bertz CT molecular complexity index is 502. The zero-order valence-electron chi connectivity index (χ0n) is 10.6. The Morgan fingerprint density at radius 2 is 2.18 bits per heavy atom. The number of oxazole rings is 1. The molecule has 2 rings (SSSR count). The number of aromatic nitrogens is 2. The molecule has 4 nitrogen and oxygen atoms in total. The summed E-state index contributed by atoms with van der Waals surface area (Å²) in [5.74, 6) is 0.848. The third kappa shape index (κ3) is 2.73. The number of aryl methyl sites for hydroxylation is 2. The van der Waals surface area contributed by atoms with E-state index >= 15 is 0 Å². The van der Waals surface area contributed by atoms with Gasteiger partial charge in [-0.25, -0.2) is 9.97 Å². The predicted octanol–water partition coefficient (Wildman–Crippen LogP) is 2.91. The van der Waals surface area contributed by atoms with Crippen molar-refractivity contribution in [3.05, 3.63) is 22.8 Å². The maximum absolute atomic E-state index is 5.50. The minimum absolute atomic E-state index is 0.434. The fourth-order valence-corrected chi connectivity index (χ4v) is 2.55. The van der Waals surface area contributed by atoms with Crippen LogP contribution in [0.4, 0.5) is 0 Å². The van der Waals surface area contributed by atoms with Gasteiger partial charge in [-0.1, -0.05) is 13.8 Å². The van der Waals surface area contributed by atoms with E-state index in [0.29, 0.717) is 6.04 Å². The Labute approximate surface area is 105 Å². The van der Waals surface area contributed by atoms with E-state index in [1.165, 1.54) is 6.39 Å². The molecule has 0 spiro atoms. The fourth-order valence-electron chi connectivity index (χ4n) is 1.62. The van der Waals surface area contributed by atoms with Crippen LogP contribution in [0, 0.1) is 13.8 Å². The van der Waals surface area contributed by atoms with Gasteiger partial charge in [-0.15, -0.1) is 11.3 Å². The third-order valence-corrected chi connectivity index (χ3v) is 3.50. The minimum Gasteiger partial charge on any atom is -0.442 e. The lowest BCUT2D eigenvalue weighted by Crippen LogP contribution is -2.22. The van der Waals surface area contributed by atoms with Gasteiger partial charge < -0.3 is 9.73 Å². The first kappa shape index (κ1) is 12.3. The van der Waals surface area contributed by atoms with E-state index < -0.39 is 0 Å². The van der Waals surface area contributed by atoms with Crippen LogP contribution in [0.1, 0.15) is 30.2 Å². The van der Waals surface area contributed by atoms with Crippen LogP contribution in [0.15, 0.2) is 10.8 Å². The molecule has 0 atom stereocenters. The molecule has 0 saturated carbocycles. The second-order valence-corrected chi connectivity index (χ2v) is 5.51. The van der Waals surface area contributed by atoms with Crippen molar-refractivity contribution < 1.29 is 4.42 Å². The zero-order chi connectivity index (χ0) is 12.4. The third-order valence-electron chi connectivity index (χ3n) is 2.43. The number of thiazole rings is 1. The molecule has 2 aromatic rings. The summed E-state index contributed by atoms with van der Waals surface area (Å²) in [7, 11) is 0. The lowest BCUT2D eigenvalue weighted by Gasteiger charge is -2.06. The topological polar surface area (TPSA) is 51.0 Å². The molecule has 5 heteroatoms. The van der Waals surface area contributed by atoms with E-state index in [1.54, 1.807) is 11.3 Å². The van der Waals surface area contributed by atoms with E-state index in [4.69, 9.17) is 4.42 Å². The molecule has 0 aliphatic rings. The van der Waals surface area contributed by atoms with E-state index in [2.05, 4.69) is 29.1 Å². The minimum atomic E-state index is 0.434. The number of hydrogen-bond donors (Lipinski definition) is 1. The van der Waals surface area contributed by atoms with Crippen LogP contribution in [0.5, 0.6) is 0 Å². The highest BCUT2D eigenvalue weighted by atomic mass is 32.1. The standard InChI is InChI=1S/C12H17N3OS/c1-7(2)13-5-10-11(16-6-14-10)12-8(3)15-9(4)17-12/h6-7,13H,5H2,1-4H3. The van der Waals surface area contributed by atoms with Crippen molar-refractivity contribution in [1.29, 1.82) is 0 Å². The molecule has 92 valence electrons. The quantitative estimate of drug-likeness (QED) is 0.907. The van der Waals surface area contributed by atoms with Gasteiger partial charge in [0.05, 0.1) is 15.6 Å². The molecule has 0 saturated heterocycles. The van der Waals surface area contributed by atoms with Gasteiger partial charge in [-0.2, -0.15) is 0 Å². The zero-order valence-corrected chi connectivity index (χ0v) is 11.4. The number of hydrogen-bond acceptors (Lipinski definition) is 5. The summed E-state index contributed by atoms with van der Waals surface area (Å²) in [6.07, 6.45) is 1.50. The van der Waals surface area contributed by atoms with Crippen LogP contribution in [-0.4, -0.2) is 16.0 Å². The van der Waals surface area contributed by atoms with E-state index in [9.17, 15) is 0 Å². The molecule has 0 amide bonds. The molecule has 17 heavy (non-hydrogen) atoms. The van der Waals surface area contributed by atoms with Crippen LogP contribution in [0.2, 0.25) is 0 Å². The van der Waals surface area contributed by atoms with Crippen LogP contribution in [0.25, 0.3) is 10.6 Å². The number of rotatable bonds is 4. The summed E-state index contributed by atoms with van der Waals surface area (Å²) in [6.45, 7) is 8.95. The second kappa shape index (κ2) is 4.98. The first-order chi connectivity index (χ1) is 8.08. The molecule has 0 bridgehead atoms. The number of nitrogens with zero attached hydrogens (tertiary/aromatic N) is 2. The highest BCUT2D eigenvalue weighted by molar-refractivity contribution is 7.15. The summed E-state index contributed by atoms with van der Waals surface area (Å²) in [5, 5.41) is 4.40. The molecule has 0 unspecified atom stereocenters. The molecule has 0 aromatic carbocycles. The molecule has 1 N–H and O–H groups in total. The van der Waals surface area contributed by atoms with Crippen LogP contribution < -0.4 is 5.32 Å². The lowest BCUT2D eigenvalue weighted by molar-refractivity contribution is 0.563. The van der Waals surface area contributed by atoms with Gasteiger partial charge in [0.25, 0.3) is 0 Å². The maximum atomic E-state index is 5.50. The molecular formula is C12H17N3OS. The molecule has 0 aliphatic heterocycles. The Hall–Kier alpha value is -1.20. The lowest BCUT2D eigenvalue weighted by atomic mass is 10.2. The van der Waals surface area contributed by atoms with E-state index in [0.717, 1.165) is 33.6 Å². The van der Waals surface area contributed by atoms with Gasteiger partial charge in [0.2, 0.25) is 0 Å². The van der Waals surface area contributed by atoms with Gasteiger partial charge in [0, 0.05) is 12.6 Å². The average molecular weight is 251 g/mol. The number of nitrogens with one attached hydrogen (secondary N) is 1. The van der Waals surface area contributed by atoms with Crippen molar-refractivity contribution in [2.75, 3.05) is 0 Å². The maximum Gasteiger partial charge on any atom is 0.181 e. The summed E-state index contributed by atoms with van der Waals surface area (Å²) >= 11 is 1.65. The van der Waals surface area contributed by atoms with Crippen molar-refractivity contribution in [2.24, 2.45) is 0 Å². The summed E-state index contributed by atoms with van der Waals surface area (Å²) in [4.78, 5) is 9.76. The van der Waals surface area contributed by atoms with Crippen molar-refractivity contribution >= 4 is 11.3 Å². The second-order valence-electron chi connectivity index (χ2n) is 4.31. The average Bonchev–Trinajstić information content (AvgIpc) is 2.81. The van der Waals surface area contributed by atoms with Gasteiger partial charge in [0.1, 0.15) is 5.69 Å². The SMILES string of the molecule is Cc1nc(C)c(-c2ocnc2CNC(C)C)s1. The molecule has 2 heterocycles. The predicted molar refractivity (Wildman–Crippen MR) is 69.1 cm³/mol. The molecule has 2 aromatic heterocycles. The van der Waals surface area contributed by atoms with Gasteiger partial charge in [0.15, 0.2) is 12.2 Å². The van der Waals surface area contributed by atoms with Crippen LogP contribution in [-0.2, 0) is 6.54 Å². The van der Waals surface area contributed by atoms with Gasteiger partial charge >= 0.3 is 0 Å². The highest BCUT2D eigenvalue weighted by Crippen LogP contribution is 2.31. The van der Waals surface area contributed by atoms with E-state index in [1.807, 2.05) is 13.8 Å². The molecule has 0 aliphatic carbocycles. The fraction of sp³-hybridized carbons (Fsp3) is 0.500. The normalized spacial score (nSPS) is 11.4. The Morgan fingerprint density at radius 3 is 2.76 bits per heavy atom. The summed E-state index contributed by atoms with van der Waals surface area (Å²) < 4.78 is 5.50. The Morgan fingerprint density at radius 1 is 1.41 bits per heavy atom. The molecular weight excluding hydrogens is 234 g/mol. The van der Waals surface area contributed by atoms with Gasteiger partial charge in [-0.05, 0) is 13.8 Å². The first-order valence-electron chi connectivity index (χ1n) is 5.68. The van der Waals surface area contributed by atoms with Gasteiger partial charge in [-0.3, -0.25) is 0 Å². The molecule has 0 radical (unpaired) electrons. The smallest absolute Gasteiger partial charge is 0.181 e. The monoisotopic (exact) mass is 251 g/mol.